The van der Waals surface area contributed by atoms with Crippen molar-refractivity contribution in [2.75, 3.05) is 6.61 Å². The number of ether oxygens (including phenoxy) is 1. The van der Waals surface area contributed by atoms with Gasteiger partial charge in [0.05, 0.1) is 17.3 Å². The Morgan fingerprint density at radius 3 is 3.17 bits per heavy atom. The molecule has 0 fully saturated rings. The minimum Gasteiger partial charge on any atom is -0.367 e. The van der Waals surface area contributed by atoms with Gasteiger partial charge in [0.15, 0.2) is 5.78 Å². The number of rotatable bonds is 0. The van der Waals surface area contributed by atoms with E-state index in [-0.39, 0.29) is 12.4 Å². The van der Waals surface area contributed by atoms with Crippen molar-refractivity contribution in [3.63, 3.8) is 0 Å². The van der Waals surface area contributed by atoms with Gasteiger partial charge < -0.3 is 4.74 Å². The van der Waals surface area contributed by atoms with Gasteiger partial charge in [-0.25, -0.2) is 0 Å². The average molecular weight is 184 g/mol. The first-order valence-corrected chi connectivity index (χ1v) is 3.90. The highest BCUT2D eigenvalue weighted by Gasteiger charge is 2.18. The second-order valence-corrected chi connectivity index (χ2v) is 3.00. The molecule has 0 atom stereocenters. The first-order valence-electron chi connectivity index (χ1n) is 3.53. The van der Waals surface area contributed by atoms with Crippen LogP contribution in [0.5, 0.6) is 0 Å². The summed E-state index contributed by atoms with van der Waals surface area (Å²) < 4.78 is 4.99. The predicted molar refractivity (Wildman–Crippen MR) is 43.2 cm³/mol. The number of carbonyl (C=O) groups is 1. The summed E-state index contributed by atoms with van der Waals surface area (Å²) in [5, 5.41) is 0.490. The first kappa shape index (κ1) is 7.71. The molecule has 1 aromatic heterocycles. The topological polar surface area (TPSA) is 39.2 Å². The summed E-state index contributed by atoms with van der Waals surface area (Å²) in [7, 11) is 0. The van der Waals surface area contributed by atoms with Crippen LogP contribution >= 0.6 is 11.6 Å². The largest absolute Gasteiger partial charge is 0.367 e. The van der Waals surface area contributed by atoms with Crippen molar-refractivity contribution < 1.29 is 9.53 Å². The molecule has 0 bridgehead atoms. The Bertz CT molecular complexity index is 338. The Kier molecular flexibility index (Phi) is 1.83. The van der Waals surface area contributed by atoms with Crippen LogP contribution in [0.15, 0.2) is 12.3 Å². The van der Waals surface area contributed by atoms with Crippen LogP contribution in [-0.4, -0.2) is 17.4 Å². The smallest absolute Gasteiger partial charge is 0.190 e. The predicted octanol–water partition coefficient (Wildman–Crippen LogP) is 1.45. The van der Waals surface area contributed by atoms with Crippen LogP contribution < -0.4 is 0 Å². The summed E-state index contributed by atoms with van der Waals surface area (Å²) in [5.74, 6) is -0.0498. The molecule has 1 aromatic rings. The van der Waals surface area contributed by atoms with Gasteiger partial charge in [-0.3, -0.25) is 9.78 Å². The Labute approximate surface area is 74.3 Å². The number of Topliss-reactive ketones (excluding diaryl/α,β-unsaturated/α-hetero) is 1. The molecule has 3 nitrogen and oxygen atoms in total. The van der Waals surface area contributed by atoms with Crippen LogP contribution in [0.25, 0.3) is 0 Å². The molecule has 0 amide bonds. The fourth-order valence-electron chi connectivity index (χ4n) is 1.14. The van der Waals surface area contributed by atoms with E-state index >= 15 is 0 Å². The Morgan fingerprint density at radius 1 is 1.50 bits per heavy atom. The number of halogens is 1. The van der Waals surface area contributed by atoms with Crippen LogP contribution in [-0.2, 0) is 11.3 Å². The molecule has 12 heavy (non-hydrogen) atoms. The van der Waals surface area contributed by atoms with Crippen molar-refractivity contribution in [1.82, 2.24) is 4.98 Å². The molecule has 0 saturated heterocycles. The fourth-order valence-corrected chi connectivity index (χ4v) is 1.30. The van der Waals surface area contributed by atoms with Gasteiger partial charge in [0, 0.05) is 11.8 Å². The third kappa shape index (κ3) is 1.21. The van der Waals surface area contributed by atoms with E-state index in [9.17, 15) is 4.79 Å². The Morgan fingerprint density at radius 2 is 2.33 bits per heavy atom. The SMILES string of the molecule is O=C1COCc2ncc(Cl)cc21. The van der Waals surface area contributed by atoms with Gasteiger partial charge in [-0.05, 0) is 6.07 Å². The van der Waals surface area contributed by atoms with Crippen molar-refractivity contribution in [3.8, 4) is 0 Å². The Balaban J connectivity index is 2.54. The molecule has 0 aromatic carbocycles. The summed E-state index contributed by atoms with van der Waals surface area (Å²) >= 11 is 5.69. The van der Waals surface area contributed by atoms with Crippen LogP contribution in [0.4, 0.5) is 0 Å². The lowest BCUT2D eigenvalue weighted by Crippen LogP contribution is -2.19. The lowest BCUT2D eigenvalue weighted by atomic mass is 10.1. The van der Waals surface area contributed by atoms with Gasteiger partial charge >= 0.3 is 0 Å². The highest BCUT2D eigenvalue weighted by atomic mass is 35.5. The van der Waals surface area contributed by atoms with Gasteiger partial charge in [-0.2, -0.15) is 0 Å². The maximum atomic E-state index is 11.2. The number of aromatic nitrogens is 1. The van der Waals surface area contributed by atoms with E-state index < -0.39 is 0 Å². The molecule has 4 heteroatoms. The highest BCUT2D eigenvalue weighted by molar-refractivity contribution is 6.30. The molecule has 2 heterocycles. The maximum Gasteiger partial charge on any atom is 0.190 e. The number of nitrogens with zero attached hydrogens (tertiary/aromatic N) is 1. The Hall–Kier alpha value is -0.930. The summed E-state index contributed by atoms with van der Waals surface area (Å²) in [4.78, 5) is 15.2. The first-order chi connectivity index (χ1) is 5.77. The zero-order valence-corrected chi connectivity index (χ0v) is 6.97. The van der Waals surface area contributed by atoms with Gasteiger partial charge in [-0.15, -0.1) is 0 Å². The van der Waals surface area contributed by atoms with Crippen LogP contribution in [0.2, 0.25) is 5.02 Å². The van der Waals surface area contributed by atoms with Gasteiger partial charge in [-0.1, -0.05) is 11.6 Å². The van der Waals surface area contributed by atoms with Crippen LogP contribution in [0.1, 0.15) is 16.1 Å². The van der Waals surface area contributed by atoms with E-state index in [1.807, 2.05) is 0 Å². The number of carbonyl (C=O) groups excluding carboxylic acids is 1. The second-order valence-electron chi connectivity index (χ2n) is 2.56. The zero-order valence-electron chi connectivity index (χ0n) is 6.21. The van der Waals surface area contributed by atoms with E-state index in [0.29, 0.717) is 22.9 Å². The van der Waals surface area contributed by atoms with E-state index in [2.05, 4.69) is 4.98 Å². The van der Waals surface area contributed by atoms with E-state index in [0.717, 1.165) is 0 Å². The van der Waals surface area contributed by atoms with E-state index in [1.54, 1.807) is 6.07 Å². The molecule has 0 unspecified atom stereocenters. The maximum absolute atomic E-state index is 11.2. The molecule has 0 radical (unpaired) electrons. The number of pyridine rings is 1. The molecule has 1 aliphatic rings. The average Bonchev–Trinajstić information content (AvgIpc) is 2.07. The molecular weight excluding hydrogens is 178 g/mol. The zero-order chi connectivity index (χ0) is 8.55. The van der Waals surface area contributed by atoms with Crippen molar-refractivity contribution in [3.05, 3.63) is 28.5 Å². The molecular formula is C8H6ClNO2. The molecule has 62 valence electrons. The fraction of sp³-hybridized carbons (Fsp3) is 0.250. The summed E-state index contributed by atoms with van der Waals surface area (Å²) in [6.07, 6.45) is 1.52. The number of fused-ring (bicyclic) bond motifs is 1. The molecule has 0 spiro atoms. The summed E-state index contributed by atoms with van der Waals surface area (Å²) in [6.45, 7) is 0.535. The molecule has 0 saturated carbocycles. The number of hydrogen-bond donors (Lipinski definition) is 0. The van der Waals surface area contributed by atoms with Crippen molar-refractivity contribution in [1.29, 1.82) is 0 Å². The molecule has 0 aliphatic carbocycles. The molecule has 2 rings (SSSR count). The van der Waals surface area contributed by atoms with E-state index in [4.69, 9.17) is 16.3 Å². The third-order valence-electron chi connectivity index (χ3n) is 1.71. The standard InChI is InChI=1S/C8H6ClNO2/c9-5-1-6-7(10-2-5)3-12-4-8(6)11/h1-2H,3-4H2. The van der Waals surface area contributed by atoms with Crippen LogP contribution in [0.3, 0.4) is 0 Å². The lowest BCUT2D eigenvalue weighted by molar-refractivity contribution is 0.0655. The quantitative estimate of drug-likeness (QED) is 0.611. The monoisotopic (exact) mass is 183 g/mol. The minimum absolute atomic E-state index is 0.0498. The van der Waals surface area contributed by atoms with E-state index in [1.165, 1.54) is 6.20 Å². The third-order valence-corrected chi connectivity index (χ3v) is 1.92. The van der Waals surface area contributed by atoms with Gasteiger partial charge in [0.25, 0.3) is 0 Å². The normalized spacial score (nSPS) is 15.9. The number of ketones is 1. The summed E-state index contributed by atoms with van der Waals surface area (Å²) in [5.41, 5.74) is 1.27. The van der Waals surface area contributed by atoms with Crippen molar-refractivity contribution >= 4 is 17.4 Å². The second kappa shape index (κ2) is 2.84. The summed E-state index contributed by atoms with van der Waals surface area (Å²) in [6, 6.07) is 1.63. The van der Waals surface area contributed by atoms with Crippen molar-refractivity contribution in [2.24, 2.45) is 0 Å². The molecule has 0 N–H and O–H groups in total. The number of hydrogen-bond acceptors (Lipinski definition) is 3. The molecule has 1 aliphatic heterocycles. The minimum atomic E-state index is -0.0498. The highest BCUT2D eigenvalue weighted by Crippen LogP contribution is 2.18. The van der Waals surface area contributed by atoms with Gasteiger partial charge in [0.2, 0.25) is 0 Å². The lowest BCUT2D eigenvalue weighted by Gasteiger charge is -2.13. The van der Waals surface area contributed by atoms with Crippen molar-refractivity contribution in [2.45, 2.75) is 6.61 Å². The van der Waals surface area contributed by atoms with Crippen LogP contribution in [0, 0.1) is 0 Å². The van der Waals surface area contributed by atoms with Gasteiger partial charge in [0.1, 0.15) is 6.61 Å².